The molecule has 1 saturated carbocycles. The first-order valence-corrected chi connectivity index (χ1v) is 3.90. The van der Waals surface area contributed by atoms with Gasteiger partial charge in [-0.15, -0.1) is 0 Å². The highest BCUT2D eigenvalue weighted by molar-refractivity contribution is 5.75. The van der Waals surface area contributed by atoms with Crippen molar-refractivity contribution in [3.05, 3.63) is 0 Å². The fourth-order valence-electron chi connectivity index (χ4n) is 2.33. The molecule has 3 heteroatoms. The number of amides is 1. The summed E-state index contributed by atoms with van der Waals surface area (Å²) in [5, 5.41) is 0. The Labute approximate surface area is 67.1 Å². The Balaban J connectivity index is 2.43. The molecule has 1 rings (SSSR count). The van der Waals surface area contributed by atoms with E-state index in [1.165, 1.54) is 0 Å². The van der Waals surface area contributed by atoms with Crippen LogP contribution in [-0.2, 0) is 4.79 Å². The molecule has 1 aliphatic rings. The molecule has 0 aliphatic heterocycles. The van der Waals surface area contributed by atoms with Gasteiger partial charge in [0.05, 0.1) is 0 Å². The largest absolute Gasteiger partial charge is 0.370 e. The number of rotatable bonds is 2. The lowest BCUT2D eigenvalue weighted by molar-refractivity contribution is -0.121. The van der Waals surface area contributed by atoms with Crippen molar-refractivity contribution in [3.63, 3.8) is 0 Å². The predicted octanol–water partition coefficient (Wildman–Crippen LogP) is 0.379. The molecule has 3 nitrogen and oxygen atoms in total. The highest BCUT2D eigenvalue weighted by atomic mass is 16.1. The quantitative estimate of drug-likeness (QED) is 0.606. The van der Waals surface area contributed by atoms with Gasteiger partial charge >= 0.3 is 0 Å². The second-order valence-electron chi connectivity index (χ2n) is 4.52. The Morgan fingerprint density at radius 1 is 1.45 bits per heavy atom. The average Bonchev–Trinajstić information content (AvgIpc) is 1.52. The minimum absolute atomic E-state index is 0.289. The number of nitrogens with two attached hydrogens (primary N) is 2. The van der Waals surface area contributed by atoms with Crippen molar-refractivity contribution < 1.29 is 4.79 Å². The Hall–Kier alpha value is -0.570. The standard InChI is InChI=1S/C8H16N2O/c1-7(2)4-8(10,5-7)3-6(9)11/h3-5,10H2,1-2H3,(H2,9,11). The van der Waals surface area contributed by atoms with Crippen LogP contribution in [0.2, 0.25) is 0 Å². The van der Waals surface area contributed by atoms with Gasteiger partial charge in [-0.3, -0.25) is 4.79 Å². The molecule has 1 amide bonds. The summed E-state index contributed by atoms with van der Waals surface area (Å²) >= 11 is 0. The minimum Gasteiger partial charge on any atom is -0.370 e. The lowest BCUT2D eigenvalue weighted by Crippen LogP contribution is -2.57. The van der Waals surface area contributed by atoms with E-state index < -0.39 is 0 Å². The minimum atomic E-state index is -0.296. The van der Waals surface area contributed by atoms with Crippen LogP contribution in [0.5, 0.6) is 0 Å². The van der Waals surface area contributed by atoms with E-state index in [2.05, 4.69) is 13.8 Å². The first-order chi connectivity index (χ1) is 4.83. The smallest absolute Gasteiger partial charge is 0.219 e. The van der Waals surface area contributed by atoms with Crippen molar-refractivity contribution in [3.8, 4) is 0 Å². The molecule has 64 valence electrons. The molecule has 0 aromatic heterocycles. The molecular formula is C8H16N2O. The van der Waals surface area contributed by atoms with Gasteiger partial charge < -0.3 is 11.5 Å². The lowest BCUT2D eigenvalue weighted by atomic mass is 9.58. The number of carbonyl (C=O) groups is 1. The molecule has 0 bridgehead atoms. The van der Waals surface area contributed by atoms with Crippen molar-refractivity contribution >= 4 is 5.91 Å². The van der Waals surface area contributed by atoms with E-state index in [4.69, 9.17) is 11.5 Å². The first-order valence-electron chi connectivity index (χ1n) is 3.90. The van der Waals surface area contributed by atoms with E-state index in [9.17, 15) is 4.79 Å². The third-order valence-electron chi connectivity index (χ3n) is 2.19. The molecule has 11 heavy (non-hydrogen) atoms. The number of primary amides is 1. The van der Waals surface area contributed by atoms with Crippen LogP contribution in [0.3, 0.4) is 0 Å². The van der Waals surface area contributed by atoms with E-state index in [0.29, 0.717) is 11.8 Å². The molecule has 0 saturated heterocycles. The Morgan fingerprint density at radius 2 is 1.91 bits per heavy atom. The molecule has 0 aromatic rings. The SMILES string of the molecule is CC1(C)CC(N)(CC(N)=O)C1. The number of hydrogen-bond donors (Lipinski definition) is 2. The van der Waals surface area contributed by atoms with Crippen molar-refractivity contribution in [2.24, 2.45) is 16.9 Å². The summed E-state index contributed by atoms with van der Waals surface area (Å²) in [6.45, 7) is 4.30. The van der Waals surface area contributed by atoms with Crippen LogP contribution in [0, 0.1) is 5.41 Å². The van der Waals surface area contributed by atoms with Gasteiger partial charge in [0, 0.05) is 12.0 Å². The third kappa shape index (κ3) is 1.93. The summed E-state index contributed by atoms with van der Waals surface area (Å²) in [7, 11) is 0. The van der Waals surface area contributed by atoms with Gasteiger partial charge in [-0.25, -0.2) is 0 Å². The van der Waals surface area contributed by atoms with Gasteiger partial charge in [0.1, 0.15) is 0 Å². The summed E-state index contributed by atoms with van der Waals surface area (Å²) in [6.07, 6.45) is 2.14. The summed E-state index contributed by atoms with van der Waals surface area (Å²) < 4.78 is 0. The normalized spacial score (nSPS) is 25.7. The lowest BCUT2D eigenvalue weighted by Gasteiger charge is -2.50. The topological polar surface area (TPSA) is 69.1 Å². The van der Waals surface area contributed by atoms with E-state index in [0.717, 1.165) is 12.8 Å². The zero-order chi connectivity index (χ0) is 8.70. The first kappa shape index (κ1) is 8.53. The van der Waals surface area contributed by atoms with E-state index in [1.807, 2.05) is 0 Å². The van der Waals surface area contributed by atoms with Gasteiger partial charge in [0.2, 0.25) is 5.91 Å². The summed E-state index contributed by atoms with van der Waals surface area (Å²) in [5.41, 5.74) is 10.9. The summed E-state index contributed by atoms with van der Waals surface area (Å²) in [5.74, 6) is -0.289. The summed E-state index contributed by atoms with van der Waals surface area (Å²) in [4.78, 5) is 10.6. The molecular weight excluding hydrogens is 140 g/mol. The van der Waals surface area contributed by atoms with E-state index in [-0.39, 0.29) is 11.4 Å². The van der Waals surface area contributed by atoms with Gasteiger partial charge in [-0.2, -0.15) is 0 Å². The molecule has 1 fully saturated rings. The van der Waals surface area contributed by atoms with Crippen molar-refractivity contribution in [2.45, 2.75) is 38.6 Å². The van der Waals surface area contributed by atoms with Crippen LogP contribution in [0.15, 0.2) is 0 Å². The van der Waals surface area contributed by atoms with Crippen LogP contribution in [0.4, 0.5) is 0 Å². The molecule has 0 radical (unpaired) electrons. The van der Waals surface area contributed by atoms with Crippen molar-refractivity contribution in [2.75, 3.05) is 0 Å². The van der Waals surface area contributed by atoms with Gasteiger partial charge in [-0.1, -0.05) is 13.8 Å². The molecule has 0 spiro atoms. The highest BCUT2D eigenvalue weighted by Crippen LogP contribution is 2.47. The van der Waals surface area contributed by atoms with Crippen molar-refractivity contribution in [1.29, 1.82) is 0 Å². The Kier molecular flexibility index (Phi) is 1.71. The van der Waals surface area contributed by atoms with Crippen molar-refractivity contribution in [1.82, 2.24) is 0 Å². The maximum Gasteiger partial charge on any atom is 0.219 e. The van der Waals surface area contributed by atoms with Gasteiger partial charge in [-0.05, 0) is 18.3 Å². The maximum atomic E-state index is 10.6. The van der Waals surface area contributed by atoms with Crippen LogP contribution >= 0.6 is 0 Å². The third-order valence-corrected chi connectivity index (χ3v) is 2.19. The molecule has 1 aliphatic carbocycles. The van der Waals surface area contributed by atoms with Gasteiger partial charge in [0.25, 0.3) is 0 Å². The molecule has 0 aromatic carbocycles. The number of carbonyl (C=O) groups excluding carboxylic acids is 1. The zero-order valence-corrected chi connectivity index (χ0v) is 7.18. The molecule has 0 unspecified atom stereocenters. The fraction of sp³-hybridized carbons (Fsp3) is 0.875. The monoisotopic (exact) mass is 156 g/mol. The predicted molar refractivity (Wildman–Crippen MR) is 43.7 cm³/mol. The molecule has 0 heterocycles. The van der Waals surface area contributed by atoms with E-state index >= 15 is 0 Å². The Bertz CT molecular complexity index is 179. The van der Waals surface area contributed by atoms with Crippen LogP contribution < -0.4 is 11.5 Å². The maximum absolute atomic E-state index is 10.6. The van der Waals surface area contributed by atoms with Crippen LogP contribution in [-0.4, -0.2) is 11.4 Å². The van der Waals surface area contributed by atoms with E-state index in [1.54, 1.807) is 0 Å². The second-order valence-corrected chi connectivity index (χ2v) is 4.52. The summed E-state index contributed by atoms with van der Waals surface area (Å²) in [6, 6.07) is 0. The zero-order valence-electron chi connectivity index (χ0n) is 7.18. The molecule has 0 atom stereocenters. The van der Waals surface area contributed by atoms with Crippen LogP contribution in [0.1, 0.15) is 33.1 Å². The fourth-order valence-corrected chi connectivity index (χ4v) is 2.33. The van der Waals surface area contributed by atoms with Gasteiger partial charge in [0.15, 0.2) is 0 Å². The average molecular weight is 156 g/mol. The highest BCUT2D eigenvalue weighted by Gasteiger charge is 2.46. The Morgan fingerprint density at radius 3 is 2.18 bits per heavy atom. The molecule has 4 N–H and O–H groups in total. The number of hydrogen-bond acceptors (Lipinski definition) is 2. The second kappa shape index (κ2) is 2.21. The van der Waals surface area contributed by atoms with Crippen LogP contribution in [0.25, 0.3) is 0 Å².